The van der Waals surface area contributed by atoms with Gasteiger partial charge < -0.3 is 10.1 Å². The van der Waals surface area contributed by atoms with E-state index in [0.29, 0.717) is 17.3 Å². The standard InChI is InChI=1S/C22H23N7O2/c1-13-5-10-18(14(2)11-13)29-27-15(3)20(28-29)22(30)23-12-19-24-21(26-25-19)16-6-8-17(31-4)9-7-16/h5-11H,12H2,1-4H3,(H,23,30)(H,24,25,26). The number of carbonyl (C=O) groups excluding carboxylic acids is 1. The Balaban J connectivity index is 1.44. The van der Waals surface area contributed by atoms with E-state index in [1.807, 2.05) is 50.2 Å². The molecule has 31 heavy (non-hydrogen) atoms. The number of rotatable bonds is 6. The van der Waals surface area contributed by atoms with Crippen LogP contribution in [0.15, 0.2) is 42.5 Å². The maximum atomic E-state index is 12.7. The van der Waals surface area contributed by atoms with Crippen molar-refractivity contribution in [1.82, 2.24) is 35.5 Å². The number of aromatic amines is 1. The summed E-state index contributed by atoms with van der Waals surface area (Å²) in [5.74, 6) is 1.52. The van der Waals surface area contributed by atoms with Gasteiger partial charge in [-0.15, -0.1) is 5.10 Å². The third-order valence-electron chi connectivity index (χ3n) is 4.86. The molecular weight excluding hydrogens is 394 g/mol. The van der Waals surface area contributed by atoms with Gasteiger partial charge in [0.1, 0.15) is 11.6 Å². The van der Waals surface area contributed by atoms with Crippen LogP contribution in [0.25, 0.3) is 17.1 Å². The number of aromatic nitrogens is 6. The predicted octanol–water partition coefficient (Wildman–Crippen LogP) is 2.92. The van der Waals surface area contributed by atoms with E-state index in [2.05, 4.69) is 36.8 Å². The second-order valence-electron chi connectivity index (χ2n) is 7.23. The maximum Gasteiger partial charge on any atom is 0.274 e. The normalized spacial score (nSPS) is 10.8. The van der Waals surface area contributed by atoms with Gasteiger partial charge in [-0.25, -0.2) is 4.98 Å². The van der Waals surface area contributed by atoms with Crippen LogP contribution in [0.5, 0.6) is 5.75 Å². The molecule has 158 valence electrons. The quantitative estimate of drug-likeness (QED) is 0.499. The lowest BCUT2D eigenvalue weighted by Gasteiger charge is -2.05. The average molecular weight is 417 g/mol. The Labute approximate surface area is 179 Å². The second kappa shape index (κ2) is 8.39. The molecule has 1 amide bonds. The van der Waals surface area contributed by atoms with Crippen molar-refractivity contribution in [2.45, 2.75) is 27.3 Å². The molecule has 0 saturated heterocycles. The van der Waals surface area contributed by atoms with Gasteiger partial charge in [0.2, 0.25) is 0 Å². The highest BCUT2D eigenvalue weighted by atomic mass is 16.5. The fraction of sp³-hybridized carbons (Fsp3) is 0.227. The number of ether oxygens (including phenoxy) is 1. The van der Waals surface area contributed by atoms with Crippen LogP contribution in [0.1, 0.15) is 33.1 Å². The van der Waals surface area contributed by atoms with Crippen molar-refractivity contribution in [3.8, 4) is 22.8 Å². The van der Waals surface area contributed by atoms with E-state index < -0.39 is 0 Å². The van der Waals surface area contributed by atoms with Crippen molar-refractivity contribution in [3.63, 3.8) is 0 Å². The van der Waals surface area contributed by atoms with Crippen LogP contribution < -0.4 is 10.1 Å². The van der Waals surface area contributed by atoms with E-state index in [4.69, 9.17) is 4.74 Å². The average Bonchev–Trinajstić information content (AvgIpc) is 3.39. The Morgan fingerprint density at radius 3 is 2.58 bits per heavy atom. The van der Waals surface area contributed by atoms with Crippen molar-refractivity contribution < 1.29 is 9.53 Å². The predicted molar refractivity (Wildman–Crippen MR) is 115 cm³/mol. The van der Waals surface area contributed by atoms with Gasteiger partial charge in [0, 0.05) is 5.56 Å². The summed E-state index contributed by atoms with van der Waals surface area (Å²) < 4.78 is 5.16. The lowest BCUT2D eigenvalue weighted by Crippen LogP contribution is -2.24. The number of hydrogen-bond acceptors (Lipinski definition) is 6. The van der Waals surface area contributed by atoms with E-state index in [9.17, 15) is 4.79 Å². The summed E-state index contributed by atoms with van der Waals surface area (Å²) in [5.41, 5.74) is 4.71. The van der Waals surface area contributed by atoms with Gasteiger partial charge in [-0.3, -0.25) is 9.89 Å². The molecule has 0 aliphatic carbocycles. The van der Waals surface area contributed by atoms with E-state index in [1.165, 1.54) is 4.80 Å². The number of aryl methyl sites for hydroxylation is 3. The molecule has 0 spiro atoms. The summed E-state index contributed by atoms with van der Waals surface area (Å²) in [4.78, 5) is 18.6. The highest BCUT2D eigenvalue weighted by Gasteiger charge is 2.17. The highest BCUT2D eigenvalue weighted by Crippen LogP contribution is 2.19. The molecule has 2 heterocycles. The molecule has 0 fully saturated rings. The smallest absolute Gasteiger partial charge is 0.274 e. The Bertz CT molecular complexity index is 1230. The number of methoxy groups -OCH3 is 1. The van der Waals surface area contributed by atoms with Crippen LogP contribution in [0.4, 0.5) is 0 Å². The number of benzene rings is 2. The largest absolute Gasteiger partial charge is 0.497 e. The molecule has 9 nitrogen and oxygen atoms in total. The first-order valence-electron chi connectivity index (χ1n) is 9.80. The number of hydrogen-bond donors (Lipinski definition) is 2. The fourth-order valence-electron chi connectivity index (χ4n) is 3.22. The summed E-state index contributed by atoms with van der Waals surface area (Å²) in [6.45, 7) is 5.97. The van der Waals surface area contributed by atoms with Crippen molar-refractivity contribution in [2.75, 3.05) is 7.11 Å². The lowest BCUT2D eigenvalue weighted by molar-refractivity contribution is 0.0944. The van der Waals surface area contributed by atoms with Crippen LogP contribution in [0.2, 0.25) is 0 Å². The minimum Gasteiger partial charge on any atom is -0.497 e. The molecule has 0 bridgehead atoms. The molecule has 2 aromatic carbocycles. The Kier molecular flexibility index (Phi) is 5.48. The van der Waals surface area contributed by atoms with Crippen LogP contribution in [-0.2, 0) is 6.54 Å². The van der Waals surface area contributed by atoms with Crippen LogP contribution in [0, 0.1) is 20.8 Å². The van der Waals surface area contributed by atoms with Crippen molar-refractivity contribution in [3.05, 3.63) is 70.8 Å². The van der Waals surface area contributed by atoms with Gasteiger partial charge in [0.25, 0.3) is 5.91 Å². The number of nitrogens with zero attached hydrogens (tertiary/aromatic N) is 5. The first kappa shape index (κ1) is 20.3. The van der Waals surface area contributed by atoms with Gasteiger partial charge in [-0.2, -0.15) is 15.0 Å². The molecular formula is C22H23N7O2. The number of nitrogens with one attached hydrogen (secondary N) is 2. The van der Waals surface area contributed by atoms with Gasteiger partial charge in [0.05, 0.1) is 25.0 Å². The SMILES string of the molecule is COc1ccc(-c2n[nH]c(CNC(=O)c3nn(-c4ccc(C)cc4C)nc3C)n2)cc1. The third kappa shape index (κ3) is 4.30. The van der Waals surface area contributed by atoms with Crippen LogP contribution >= 0.6 is 0 Å². The molecule has 0 atom stereocenters. The second-order valence-corrected chi connectivity index (χ2v) is 7.23. The molecule has 0 unspecified atom stereocenters. The van der Waals surface area contributed by atoms with E-state index in [1.54, 1.807) is 14.0 Å². The highest BCUT2D eigenvalue weighted by molar-refractivity contribution is 5.93. The van der Waals surface area contributed by atoms with Crippen LogP contribution in [-0.4, -0.2) is 43.2 Å². The number of amides is 1. The minimum absolute atomic E-state index is 0.192. The lowest BCUT2D eigenvalue weighted by atomic mass is 10.1. The topological polar surface area (TPSA) is 111 Å². The minimum atomic E-state index is -0.323. The molecule has 0 aliphatic heterocycles. The van der Waals surface area contributed by atoms with Gasteiger partial charge >= 0.3 is 0 Å². The molecule has 2 N–H and O–H groups in total. The Hall–Kier alpha value is -4.01. The van der Waals surface area contributed by atoms with E-state index in [-0.39, 0.29) is 18.1 Å². The summed E-state index contributed by atoms with van der Waals surface area (Å²) in [6.07, 6.45) is 0. The molecule has 2 aromatic heterocycles. The van der Waals surface area contributed by atoms with Gasteiger partial charge in [-0.05, 0) is 56.7 Å². The number of carbonyl (C=O) groups is 1. The van der Waals surface area contributed by atoms with Crippen molar-refractivity contribution >= 4 is 5.91 Å². The van der Waals surface area contributed by atoms with Crippen molar-refractivity contribution in [2.24, 2.45) is 0 Å². The van der Waals surface area contributed by atoms with E-state index >= 15 is 0 Å². The zero-order chi connectivity index (χ0) is 22.0. The first-order valence-corrected chi connectivity index (χ1v) is 9.80. The third-order valence-corrected chi connectivity index (χ3v) is 4.86. The molecule has 4 aromatic rings. The molecule has 0 radical (unpaired) electrons. The summed E-state index contributed by atoms with van der Waals surface area (Å²) in [6, 6.07) is 13.4. The van der Waals surface area contributed by atoms with Gasteiger partial charge in [-0.1, -0.05) is 17.7 Å². The maximum absolute atomic E-state index is 12.7. The number of H-pyrrole nitrogens is 1. The van der Waals surface area contributed by atoms with Gasteiger partial charge in [0.15, 0.2) is 11.5 Å². The first-order chi connectivity index (χ1) is 14.9. The van der Waals surface area contributed by atoms with E-state index in [0.717, 1.165) is 28.1 Å². The molecule has 0 saturated carbocycles. The Morgan fingerprint density at radius 1 is 1.10 bits per heavy atom. The Morgan fingerprint density at radius 2 is 1.87 bits per heavy atom. The van der Waals surface area contributed by atoms with Crippen LogP contribution in [0.3, 0.4) is 0 Å². The van der Waals surface area contributed by atoms with Crippen molar-refractivity contribution in [1.29, 1.82) is 0 Å². The monoisotopic (exact) mass is 417 g/mol. The summed E-state index contributed by atoms with van der Waals surface area (Å²) >= 11 is 0. The molecule has 0 aliphatic rings. The summed E-state index contributed by atoms with van der Waals surface area (Å²) in [7, 11) is 1.62. The molecule has 4 rings (SSSR count). The molecule has 9 heteroatoms. The zero-order valence-corrected chi connectivity index (χ0v) is 17.8. The zero-order valence-electron chi connectivity index (χ0n) is 17.8. The fourth-order valence-corrected chi connectivity index (χ4v) is 3.22. The summed E-state index contributed by atoms with van der Waals surface area (Å²) in [5, 5.41) is 18.7.